The van der Waals surface area contributed by atoms with E-state index >= 15 is 0 Å². The van der Waals surface area contributed by atoms with E-state index in [1.54, 1.807) is 0 Å². The van der Waals surface area contributed by atoms with Gasteiger partial charge in [0.2, 0.25) is 0 Å². The predicted octanol–water partition coefficient (Wildman–Crippen LogP) is 6.65. The molecule has 1 rings (SSSR count). The molecule has 0 saturated carbocycles. The molecule has 122 valence electrons. The average molecular weight is 302 g/mol. The topological polar surface area (TPSA) is 40.5 Å². The molecule has 0 fully saturated rings. The fourth-order valence-electron chi connectivity index (χ4n) is 2.71. The number of allylic oxidation sites excluding steroid dienone is 2. The number of aliphatic hydroxyl groups excluding tert-OH is 2. The first-order valence-electron chi connectivity index (χ1n) is 8.54. The summed E-state index contributed by atoms with van der Waals surface area (Å²) in [5.74, 6) is 0. The van der Waals surface area contributed by atoms with E-state index in [4.69, 9.17) is 0 Å². The standard InChI is InChI=1S/C20H30O2/c1-3-5-7-11-17(15-21)19-13-9-10-14-20(19)18(16-22)12-8-6-4-2/h9-10,13-16,21-22H,3-8,11-12H2,1-2H3. The lowest BCUT2D eigenvalue weighted by molar-refractivity contribution is 0.472. The summed E-state index contributed by atoms with van der Waals surface area (Å²) in [5, 5.41) is 19.3. The molecule has 0 spiro atoms. The Morgan fingerprint density at radius 3 is 1.50 bits per heavy atom. The summed E-state index contributed by atoms with van der Waals surface area (Å²) in [6.07, 6.45) is 11.0. The zero-order valence-corrected chi connectivity index (χ0v) is 14.0. The van der Waals surface area contributed by atoms with Gasteiger partial charge in [-0.15, -0.1) is 0 Å². The molecule has 0 aliphatic heterocycles. The number of hydrogen-bond acceptors (Lipinski definition) is 2. The molecule has 2 heteroatoms. The first-order chi connectivity index (χ1) is 10.8. The fourth-order valence-corrected chi connectivity index (χ4v) is 2.71. The first kappa shape index (κ1) is 18.3. The minimum atomic E-state index is 0.870. The maximum atomic E-state index is 9.63. The smallest absolute Gasteiger partial charge is 0.0829 e. The van der Waals surface area contributed by atoms with Crippen LogP contribution in [0.25, 0.3) is 11.1 Å². The minimum absolute atomic E-state index is 0.870. The molecule has 0 amide bonds. The van der Waals surface area contributed by atoms with Crippen LogP contribution >= 0.6 is 0 Å². The SMILES string of the molecule is CCCCCC(=CO)c1ccccc1C(=CO)CCCCC. The third kappa shape index (κ3) is 5.59. The summed E-state index contributed by atoms with van der Waals surface area (Å²) in [6.45, 7) is 4.35. The van der Waals surface area contributed by atoms with Gasteiger partial charge in [0.1, 0.15) is 0 Å². The molecule has 0 heterocycles. The number of aliphatic hydroxyl groups is 2. The average Bonchev–Trinajstić information content (AvgIpc) is 2.56. The van der Waals surface area contributed by atoms with Crippen molar-refractivity contribution < 1.29 is 10.2 Å². The third-order valence-electron chi connectivity index (χ3n) is 4.03. The Balaban J connectivity index is 2.96. The van der Waals surface area contributed by atoms with Crippen LogP contribution in [0, 0.1) is 0 Å². The molecule has 0 bridgehead atoms. The molecule has 0 atom stereocenters. The van der Waals surface area contributed by atoms with Crippen LogP contribution in [0.5, 0.6) is 0 Å². The molecular formula is C20H30O2. The van der Waals surface area contributed by atoms with Crippen molar-refractivity contribution in [3.63, 3.8) is 0 Å². The largest absolute Gasteiger partial charge is 0.515 e. The lowest BCUT2D eigenvalue weighted by Crippen LogP contribution is -1.95. The van der Waals surface area contributed by atoms with E-state index in [0.717, 1.165) is 48.0 Å². The number of unbranched alkanes of at least 4 members (excludes halogenated alkanes) is 4. The Morgan fingerprint density at radius 2 is 1.18 bits per heavy atom. The summed E-state index contributed by atoms with van der Waals surface area (Å²) in [4.78, 5) is 0. The van der Waals surface area contributed by atoms with Gasteiger partial charge in [0.05, 0.1) is 12.5 Å². The van der Waals surface area contributed by atoms with Crippen molar-refractivity contribution >= 4 is 11.1 Å². The Labute approximate surface area is 135 Å². The van der Waals surface area contributed by atoms with Crippen LogP contribution in [0.1, 0.15) is 76.3 Å². The second kappa shape index (κ2) is 10.9. The van der Waals surface area contributed by atoms with Crippen LogP contribution in [0.2, 0.25) is 0 Å². The van der Waals surface area contributed by atoms with Crippen molar-refractivity contribution in [3.8, 4) is 0 Å². The molecule has 22 heavy (non-hydrogen) atoms. The summed E-state index contributed by atoms with van der Waals surface area (Å²) >= 11 is 0. The molecule has 0 aliphatic carbocycles. The zero-order chi connectivity index (χ0) is 16.2. The van der Waals surface area contributed by atoms with Crippen LogP contribution in [0.4, 0.5) is 0 Å². The van der Waals surface area contributed by atoms with Crippen LogP contribution < -0.4 is 0 Å². The Morgan fingerprint density at radius 1 is 0.773 bits per heavy atom. The van der Waals surface area contributed by atoms with Crippen molar-refractivity contribution in [3.05, 3.63) is 47.9 Å². The molecule has 2 nitrogen and oxygen atoms in total. The maximum Gasteiger partial charge on any atom is 0.0829 e. The van der Waals surface area contributed by atoms with E-state index in [9.17, 15) is 10.2 Å². The Kier molecular flexibility index (Phi) is 9.13. The van der Waals surface area contributed by atoms with Gasteiger partial charge in [-0.1, -0.05) is 63.8 Å². The molecule has 2 N–H and O–H groups in total. The second-order valence-electron chi connectivity index (χ2n) is 5.77. The van der Waals surface area contributed by atoms with Crippen molar-refractivity contribution in [1.82, 2.24) is 0 Å². The van der Waals surface area contributed by atoms with Crippen molar-refractivity contribution in [2.75, 3.05) is 0 Å². The number of hydrogen-bond donors (Lipinski definition) is 2. The number of rotatable bonds is 10. The normalized spacial score (nSPS) is 12.6. The zero-order valence-electron chi connectivity index (χ0n) is 14.0. The maximum absolute atomic E-state index is 9.63. The molecule has 0 saturated heterocycles. The highest BCUT2D eigenvalue weighted by molar-refractivity contribution is 5.79. The monoisotopic (exact) mass is 302 g/mol. The summed E-state index contributed by atoms with van der Waals surface area (Å²) < 4.78 is 0. The lowest BCUT2D eigenvalue weighted by Gasteiger charge is -2.14. The van der Waals surface area contributed by atoms with E-state index < -0.39 is 0 Å². The third-order valence-corrected chi connectivity index (χ3v) is 4.03. The highest BCUT2D eigenvalue weighted by Gasteiger charge is 2.11. The van der Waals surface area contributed by atoms with Gasteiger partial charge in [0.25, 0.3) is 0 Å². The highest BCUT2D eigenvalue weighted by atomic mass is 16.2. The van der Waals surface area contributed by atoms with Crippen molar-refractivity contribution in [2.45, 2.75) is 65.2 Å². The van der Waals surface area contributed by atoms with Gasteiger partial charge in [0, 0.05) is 0 Å². The molecule has 0 radical (unpaired) electrons. The van der Waals surface area contributed by atoms with Gasteiger partial charge in [0.15, 0.2) is 0 Å². The Hall–Kier alpha value is -1.70. The van der Waals surface area contributed by atoms with Crippen LogP contribution in [0.15, 0.2) is 36.8 Å². The van der Waals surface area contributed by atoms with Crippen LogP contribution in [-0.4, -0.2) is 10.2 Å². The van der Waals surface area contributed by atoms with Crippen LogP contribution in [-0.2, 0) is 0 Å². The summed E-state index contributed by atoms with van der Waals surface area (Å²) in [6, 6.07) is 8.05. The van der Waals surface area contributed by atoms with Gasteiger partial charge in [-0.05, 0) is 48.0 Å². The Bertz CT molecular complexity index is 441. The predicted molar refractivity (Wildman–Crippen MR) is 95.9 cm³/mol. The van der Waals surface area contributed by atoms with Gasteiger partial charge >= 0.3 is 0 Å². The van der Waals surface area contributed by atoms with E-state index in [2.05, 4.69) is 13.8 Å². The molecular weight excluding hydrogens is 272 g/mol. The summed E-state index contributed by atoms with van der Waals surface area (Å²) in [5.41, 5.74) is 3.99. The molecule has 0 aliphatic rings. The van der Waals surface area contributed by atoms with Gasteiger partial charge in [-0.25, -0.2) is 0 Å². The minimum Gasteiger partial charge on any atom is -0.515 e. The second-order valence-corrected chi connectivity index (χ2v) is 5.77. The van der Waals surface area contributed by atoms with E-state index in [1.165, 1.54) is 38.2 Å². The quantitative estimate of drug-likeness (QED) is 0.375. The van der Waals surface area contributed by atoms with Gasteiger partial charge in [-0.3, -0.25) is 0 Å². The highest BCUT2D eigenvalue weighted by Crippen LogP contribution is 2.31. The van der Waals surface area contributed by atoms with Gasteiger partial charge < -0.3 is 10.2 Å². The van der Waals surface area contributed by atoms with Crippen LogP contribution in [0.3, 0.4) is 0 Å². The number of benzene rings is 1. The van der Waals surface area contributed by atoms with E-state index in [-0.39, 0.29) is 0 Å². The van der Waals surface area contributed by atoms with Crippen molar-refractivity contribution in [1.29, 1.82) is 0 Å². The van der Waals surface area contributed by atoms with E-state index in [0.29, 0.717) is 0 Å². The van der Waals surface area contributed by atoms with E-state index in [1.807, 2.05) is 24.3 Å². The van der Waals surface area contributed by atoms with Crippen molar-refractivity contribution in [2.24, 2.45) is 0 Å². The summed E-state index contributed by atoms with van der Waals surface area (Å²) in [7, 11) is 0. The first-order valence-corrected chi connectivity index (χ1v) is 8.54. The molecule has 1 aromatic carbocycles. The molecule has 0 unspecified atom stereocenters. The fraction of sp³-hybridized carbons (Fsp3) is 0.500. The lowest BCUT2D eigenvalue weighted by atomic mass is 9.90. The molecule has 1 aromatic rings. The molecule has 0 aromatic heterocycles. The van der Waals surface area contributed by atoms with Gasteiger partial charge in [-0.2, -0.15) is 0 Å².